The number of amides is 1. The van der Waals surface area contributed by atoms with Gasteiger partial charge in [-0.3, -0.25) is 9.10 Å². The van der Waals surface area contributed by atoms with Gasteiger partial charge < -0.3 is 10.1 Å². The molecule has 0 saturated carbocycles. The molecule has 0 bridgehead atoms. The lowest BCUT2D eigenvalue weighted by molar-refractivity contribution is -0.124. The van der Waals surface area contributed by atoms with Crippen LogP contribution in [-0.2, 0) is 26.0 Å². The lowest BCUT2D eigenvalue weighted by Gasteiger charge is -2.19. The fourth-order valence-corrected chi connectivity index (χ4v) is 4.45. The summed E-state index contributed by atoms with van der Waals surface area (Å²) in [5.74, 6) is -1.20. The Morgan fingerprint density at radius 2 is 1.64 bits per heavy atom. The normalized spacial score (nSPS) is 11.0. The smallest absolute Gasteiger partial charge is 0.338 e. The summed E-state index contributed by atoms with van der Waals surface area (Å²) in [5, 5.41) is 2.72. The van der Waals surface area contributed by atoms with Gasteiger partial charge in [0.2, 0.25) is 0 Å². The number of nitrogens with zero attached hydrogens (tertiary/aromatic N) is 1. The zero-order valence-electron chi connectivity index (χ0n) is 18.5. The van der Waals surface area contributed by atoms with Gasteiger partial charge in [0.05, 0.1) is 16.1 Å². The third-order valence-electron chi connectivity index (χ3n) is 5.16. The third kappa shape index (κ3) is 6.20. The molecule has 0 aliphatic rings. The van der Waals surface area contributed by atoms with Crippen LogP contribution in [0.1, 0.15) is 21.5 Å². The summed E-state index contributed by atoms with van der Waals surface area (Å²) >= 11 is 0. The number of hydrogen-bond donors (Lipinski definition) is 1. The van der Waals surface area contributed by atoms with Gasteiger partial charge in [0.1, 0.15) is 0 Å². The fourth-order valence-electron chi connectivity index (χ4n) is 3.21. The van der Waals surface area contributed by atoms with Crippen molar-refractivity contribution in [1.29, 1.82) is 0 Å². The van der Waals surface area contributed by atoms with E-state index in [-0.39, 0.29) is 10.5 Å². The second-order valence-electron chi connectivity index (χ2n) is 7.44. The minimum Gasteiger partial charge on any atom is -0.452 e. The molecule has 0 saturated heterocycles. The van der Waals surface area contributed by atoms with Gasteiger partial charge in [-0.1, -0.05) is 48.5 Å². The highest BCUT2D eigenvalue weighted by molar-refractivity contribution is 7.92. The van der Waals surface area contributed by atoms with Crippen LogP contribution >= 0.6 is 0 Å². The molecular weight excluding hydrogens is 440 g/mol. The van der Waals surface area contributed by atoms with E-state index in [4.69, 9.17) is 4.74 Å². The molecule has 1 amide bonds. The van der Waals surface area contributed by atoms with Gasteiger partial charge in [-0.05, 0) is 54.8 Å². The zero-order chi connectivity index (χ0) is 23.8. The van der Waals surface area contributed by atoms with Crippen molar-refractivity contribution in [2.75, 3.05) is 24.5 Å². The number of carbonyl (C=O) groups excluding carboxylic acids is 2. The summed E-state index contributed by atoms with van der Waals surface area (Å²) in [6, 6.07) is 22.1. The first kappa shape index (κ1) is 24.0. The van der Waals surface area contributed by atoms with Crippen molar-refractivity contribution in [1.82, 2.24) is 5.32 Å². The number of nitrogens with one attached hydrogen (secondary N) is 1. The number of ether oxygens (including phenoxy) is 1. The SMILES string of the molecule is Cc1ccccc1CCNC(=O)COC(=O)c1cccc(S(=O)(=O)N(C)c2ccccc2)c1. The van der Waals surface area contributed by atoms with Crippen molar-refractivity contribution < 1.29 is 22.7 Å². The number of carbonyl (C=O) groups is 2. The van der Waals surface area contributed by atoms with Crippen LogP contribution in [0.25, 0.3) is 0 Å². The summed E-state index contributed by atoms with van der Waals surface area (Å²) in [6.45, 7) is 1.97. The number of esters is 1. The number of benzene rings is 3. The minimum atomic E-state index is -3.87. The quantitative estimate of drug-likeness (QED) is 0.489. The van der Waals surface area contributed by atoms with Crippen LogP contribution in [0.2, 0.25) is 0 Å². The van der Waals surface area contributed by atoms with Crippen molar-refractivity contribution in [2.24, 2.45) is 0 Å². The number of aryl methyl sites for hydroxylation is 1. The van der Waals surface area contributed by atoms with Crippen LogP contribution in [-0.4, -0.2) is 40.5 Å². The number of para-hydroxylation sites is 1. The van der Waals surface area contributed by atoms with Crippen molar-refractivity contribution in [2.45, 2.75) is 18.2 Å². The van der Waals surface area contributed by atoms with Gasteiger partial charge in [-0.25, -0.2) is 13.2 Å². The number of anilines is 1. The summed E-state index contributed by atoms with van der Waals surface area (Å²) in [7, 11) is -2.43. The zero-order valence-corrected chi connectivity index (χ0v) is 19.3. The van der Waals surface area contributed by atoms with Crippen molar-refractivity contribution >= 4 is 27.6 Å². The number of sulfonamides is 1. The first-order valence-corrected chi connectivity index (χ1v) is 11.9. The maximum atomic E-state index is 12.9. The van der Waals surface area contributed by atoms with E-state index < -0.39 is 28.5 Å². The van der Waals surface area contributed by atoms with Crippen molar-refractivity contribution in [3.05, 3.63) is 95.6 Å². The Hall–Kier alpha value is -3.65. The second-order valence-corrected chi connectivity index (χ2v) is 9.41. The fraction of sp³-hybridized carbons (Fsp3) is 0.200. The number of rotatable bonds is 9. The van der Waals surface area contributed by atoms with Crippen LogP contribution in [0.4, 0.5) is 5.69 Å². The molecule has 3 aromatic rings. The van der Waals surface area contributed by atoms with Crippen LogP contribution in [0.5, 0.6) is 0 Å². The molecule has 0 aliphatic heterocycles. The Morgan fingerprint density at radius 1 is 0.939 bits per heavy atom. The van der Waals surface area contributed by atoms with Gasteiger partial charge in [0, 0.05) is 13.6 Å². The van der Waals surface area contributed by atoms with E-state index >= 15 is 0 Å². The van der Waals surface area contributed by atoms with E-state index in [1.807, 2.05) is 31.2 Å². The van der Waals surface area contributed by atoms with E-state index in [1.165, 1.54) is 31.3 Å². The molecule has 8 heteroatoms. The molecule has 0 radical (unpaired) electrons. The van der Waals surface area contributed by atoms with Gasteiger partial charge in [-0.15, -0.1) is 0 Å². The van der Waals surface area contributed by atoms with Crippen LogP contribution in [0, 0.1) is 6.92 Å². The molecule has 7 nitrogen and oxygen atoms in total. The highest BCUT2D eigenvalue weighted by Crippen LogP contribution is 2.22. The Bertz CT molecular complexity index is 1230. The highest BCUT2D eigenvalue weighted by Gasteiger charge is 2.22. The maximum Gasteiger partial charge on any atom is 0.338 e. The Morgan fingerprint density at radius 3 is 2.36 bits per heavy atom. The summed E-state index contributed by atoms with van der Waals surface area (Å²) in [6.07, 6.45) is 0.668. The molecule has 0 fully saturated rings. The molecule has 0 aromatic heterocycles. The molecular formula is C25H26N2O5S. The monoisotopic (exact) mass is 466 g/mol. The Balaban J connectivity index is 1.57. The molecule has 0 aliphatic carbocycles. The maximum absolute atomic E-state index is 12.9. The van der Waals surface area contributed by atoms with E-state index in [0.717, 1.165) is 15.4 Å². The molecule has 33 heavy (non-hydrogen) atoms. The molecule has 0 heterocycles. The van der Waals surface area contributed by atoms with Crippen molar-refractivity contribution in [3.63, 3.8) is 0 Å². The summed E-state index contributed by atoms with van der Waals surface area (Å²) in [5.41, 5.74) is 2.82. The predicted octanol–water partition coefficient (Wildman–Crippen LogP) is 3.34. The Labute approximate surface area is 194 Å². The lowest BCUT2D eigenvalue weighted by Crippen LogP contribution is -2.30. The van der Waals surface area contributed by atoms with Gasteiger partial charge in [-0.2, -0.15) is 0 Å². The summed E-state index contributed by atoms with van der Waals surface area (Å²) in [4.78, 5) is 24.4. The average Bonchev–Trinajstić information content (AvgIpc) is 2.84. The standard InChI is InChI=1S/C25H26N2O5S/c1-19-9-6-7-10-20(19)15-16-26-24(28)18-32-25(29)21-11-8-14-23(17-21)33(30,31)27(2)22-12-4-3-5-13-22/h3-14,17H,15-16,18H2,1-2H3,(H,26,28). The molecule has 3 rings (SSSR count). The molecule has 0 spiro atoms. The van der Waals surface area contributed by atoms with E-state index in [1.54, 1.807) is 30.3 Å². The van der Waals surface area contributed by atoms with Crippen LogP contribution in [0.15, 0.2) is 83.8 Å². The summed E-state index contributed by atoms with van der Waals surface area (Å²) < 4.78 is 32.1. The topological polar surface area (TPSA) is 92.8 Å². The average molecular weight is 467 g/mol. The molecule has 3 aromatic carbocycles. The largest absolute Gasteiger partial charge is 0.452 e. The molecule has 1 N–H and O–H groups in total. The second kappa shape index (κ2) is 10.8. The van der Waals surface area contributed by atoms with E-state index in [9.17, 15) is 18.0 Å². The molecule has 0 atom stereocenters. The first-order valence-electron chi connectivity index (χ1n) is 10.4. The first-order chi connectivity index (χ1) is 15.8. The van der Waals surface area contributed by atoms with Gasteiger partial charge >= 0.3 is 5.97 Å². The van der Waals surface area contributed by atoms with Crippen LogP contribution in [0.3, 0.4) is 0 Å². The van der Waals surface area contributed by atoms with Crippen LogP contribution < -0.4 is 9.62 Å². The number of hydrogen-bond acceptors (Lipinski definition) is 5. The molecule has 0 unspecified atom stereocenters. The van der Waals surface area contributed by atoms with Gasteiger partial charge in [0.25, 0.3) is 15.9 Å². The Kier molecular flexibility index (Phi) is 7.84. The highest BCUT2D eigenvalue weighted by atomic mass is 32.2. The van der Waals surface area contributed by atoms with E-state index in [0.29, 0.717) is 18.7 Å². The van der Waals surface area contributed by atoms with Gasteiger partial charge in [0.15, 0.2) is 6.61 Å². The third-order valence-corrected chi connectivity index (χ3v) is 6.94. The van der Waals surface area contributed by atoms with E-state index in [2.05, 4.69) is 5.32 Å². The minimum absolute atomic E-state index is 0.0465. The van der Waals surface area contributed by atoms with Crippen molar-refractivity contribution in [3.8, 4) is 0 Å². The predicted molar refractivity (Wildman–Crippen MR) is 127 cm³/mol. The molecule has 172 valence electrons. The lowest BCUT2D eigenvalue weighted by atomic mass is 10.1.